The van der Waals surface area contributed by atoms with Gasteiger partial charge in [0, 0.05) is 17.8 Å². The minimum absolute atomic E-state index is 0.335. The van der Waals surface area contributed by atoms with E-state index in [0.717, 1.165) is 19.3 Å². The summed E-state index contributed by atoms with van der Waals surface area (Å²) in [6.45, 7) is 6.59. The monoisotopic (exact) mass is 317 g/mol. The molecule has 124 valence electrons. The highest BCUT2D eigenvalue weighted by Crippen LogP contribution is 2.33. The first-order chi connectivity index (χ1) is 11.6. The highest BCUT2D eigenvalue weighted by molar-refractivity contribution is 5.60. The van der Waals surface area contributed by atoms with Gasteiger partial charge in [-0.2, -0.15) is 0 Å². The van der Waals surface area contributed by atoms with Gasteiger partial charge < -0.3 is 0 Å². The fraction of sp³-hybridized carbons (Fsp3) is 0.348. The highest BCUT2D eigenvalue weighted by atomic mass is 14.7. The van der Waals surface area contributed by atoms with Gasteiger partial charge in [-0.1, -0.05) is 54.1 Å². The largest absolute Gasteiger partial charge is 0.265 e. The third-order valence-electron chi connectivity index (χ3n) is 5.07. The second-order valence-corrected chi connectivity index (χ2v) is 6.90. The molecular formula is C23H27N. The fourth-order valence-electron chi connectivity index (χ4n) is 3.40. The van der Waals surface area contributed by atoms with E-state index in [4.69, 9.17) is 4.99 Å². The number of allylic oxidation sites excluding steroid dienone is 2. The molecule has 1 unspecified atom stereocenters. The van der Waals surface area contributed by atoms with E-state index in [0.29, 0.717) is 5.92 Å². The maximum Gasteiger partial charge on any atom is 0.0438 e. The molecule has 0 radical (unpaired) electrons. The van der Waals surface area contributed by atoms with Crippen LogP contribution in [0.15, 0.2) is 59.2 Å². The maximum atomic E-state index is 4.82. The highest BCUT2D eigenvalue weighted by Gasteiger charge is 2.20. The van der Waals surface area contributed by atoms with E-state index in [1.54, 1.807) is 0 Å². The number of aliphatic imine (C=N–C) groups is 1. The van der Waals surface area contributed by atoms with E-state index in [9.17, 15) is 0 Å². The number of aryl methyl sites for hydroxylation is 2. The van der Waals surface area contributed by atoms with Crippen LogP contribution in [0.3, 0.4) is 0 Å². The third kappa shape index (κ3) is 3.84. The van der Waals surface area contributed by atoms with Gasteiger partial charge >= 0.3 is 0 Å². The molecule has 0 N–H and O–H groups in total. The summed E-state index contributed by atoms with van der Waals surface area (Å²) >= 11 is 0. The van der Waals surface area contributed by atoms with Crippen LogP contribution in [0.1, 0.15) is 53.0 Å². The number of benzene rings is 2. The van der Waals surface area contributed by atoms with E-state index in [-0.39, 0.29) is 0 Å². The molecule has 0 fully saturated rings. The maximum absolute atomic E-state index is 4.82. The standard InChI is InChI=1S/C23H27N/c1-17-11-13-20(14-12-17)16-22(23-10-5-4-6-15-24-23)21-9-7-8-18(2)19(21)3/h7-15,22H,4-6,16H2,1-3H3. The average molecular weight is 317 g/mol. The summed E-state index contributed by atoms with van der Waals surface area (Å²) in [6, 6.07) is 15.6. The molecule has 0 bridgehead atoms. The van der Waals surface area contributed by atoms with Crippen LogP contribution in [0.2, 0.25) is 0 Å². The zero-order valence-corrected chi connectivity index (χ0v) is 15.0. The number of nitrogens with zero attached hydrogens (tertiary/aromatic N) is 1. The van der Waals surface area contributed by atoms with Crippen LogP contribution >= 0.6 is 0 Å². The lowest BCUT2D eigenvalue weighted by Crippen LogP contribution is -2.08. The summed E-state index contributed by atoms with van der Waals surface area (Å²) < 4.78 is 0. The smallest absolute Gasteiger partial charge is 0.0438 e. The van der Waals surface area contributed by atoms with Crippen molar-refractivity contribution in [1.29, 1.82) is 0 Å². The number of hydrogen-bond donors (Lipinski definition) is 0. The first-order valence-electron chi connectivity index (χ1n) is 8.99. The van der Waals surface area contributed by atoms with Crippen molar-refractivity contribution in [1.82, 2.24) is 0 Å². The fourth-order valence-corrected chi connectivity index (χ4v) is 3.40. The van der Waals surface area contributed by atoms with Crippen molar-refractivity contribution in [3.05, 3.63) is 82.1 Å². The Morgan fingerprint density at radius 2 is 1.75 bits per heavy atom. The molecule has 0 amide bonds. The van der Waals surface area contributed by atoms with Gasteiger partial charge in [-0.05, 0) is 68.7 Å². The Kier molecular flexibility index (Phi) is 5.30. The molecule has 2 aromatic rings. The minimum Gasteiger partial charge on any atom is -0.265 e. The lowest BCUT2D eigenvalue weighted by molar-refractivity contribution is 0.763. The minimum atomic E-state index is 0.335. The molecule has 0 aliphatic carbocycles. The van der Waals surface area contributed by atoms with Gasteiger partial charge in [-0.15, -0.1) is 0 Å². The van der Waals surface area contributed by atoms with E-state index in [1.165, 1.54) is 39.9 Å². The van der Waals surface area contributed by atoms with Crippen molar-refractivity contribution in [3.63, 3.8) is 0 Å². The molecular weight excluding hydrogens is 290 g/mol. The van der Waals surface area contributed by atoms with E-state index in [1.807, 2.05) is 0 Å². The van der Waals surface area contributed by atoms with Crippen LogP contribution in [0.5, 0.6) is 0 Å². The molecule has 0 saturated heterocycles. The molecule has 1 aliphatic rings. The summed E-state index contributed by atoms with van der Waals surface area (Å²) in [7, 11) is 0. The predicted molar refractivity (Wildman–Crippen MR) is 104 cm³/mol. The van der Waals surface area contributed by atoms with Crippen molar-refractivity contribution in [2.45, 2.75) is 52.4 Å². The summed E-state index contributed by atoms with van der Waals surface area (Å²) in [4.78, 5) is 4.82. The summed E-state index contributed by atoms with van der Waals surface area (Å²) in [6.07, 6.45) is 8.88. The quantitative estimate of drug-likeness (QED) is 0.648. The Bertz CT molecular complexity index is 750. The molecule has 1 heterocycles. The predicted octanol–water partition coefficient (Wildman–Crippen LogP) is 6.08. The molecule has 3 rings (SSSR count). The Balaban J connectivity index is 2.01. The average Bonchev–Trinajstić information content (AvgIpc) is 2.86. The topological polar surface area (TPSA) is 12.4 Å². The molecule has 1 aliphatic heterocycles. The lowest BCUT2D eigenvalue weighted by Gasteiger charge is -2.21. The molecule has 0 aromatic heterocycles. The normalized spacial score (nSPS) is 15.7. The van der Waals surface area contributed by atoms with Gasteiger partial charge in [0.15, 0.2) is 0 Å². The third-order valence-corrected chi connectivity index (χ3v) is 5.07. The van der Waals surface area contributed by atoms with Crippen LogP contribution in [-0.4, -0.2) is 6.21 Å². The van der Waals surface area contributed by atoms with Gasteiger partial charge in [0.05, 0.1) is 0 Å². The second-order valence-electron chi connectivity index (χ2n) is 6.90. The molecule has 1 heteroatoms. The zero-order valence-electron chi connectivity index (χ0n) is 15.0. The van der Waals surface area contributed by atoms with E-state index < -0.39 is 0 Å². The Morgan fingerprint density at radius 3 is 2.54 bits per heavy atom. The summed E-state index contributed by atoms with van der Waals surface area (Å²) in [5.74, 6) is 0.335. The Hall–Kier alpha value is -2.15. The molecule has 2 aromatic carbocycles. The van der Waals surface area contributed by atoms with Crippen LogP contribution in [-0.2, 0) is 6.42 Å². The number of hydrogen-bond acceptors (Lipinski definition) is 1. The molecule has 1 atom stereocenters. The first-order valence-corrected chi connectivity index (χ1v) is 8.99. The van der Waals surface area contributed by atoms with Crippen molar-refractivity contribution < 1.29 is 0 Å². The molecule has 0 saturated carbocycles. The molecule has 1 nitrogen and oxygen atoms in total. The molecule has 24 heavy (non-hydrogen) atoms. The van der Waals surface area contributed by atoms with Crippen LogP contribution in [0.4, 0.5) is 0 Å². The molecule has 0 spiro atoms. The van der Waals surface area contributed by atoms with Crippen LogP contribution < -0.4 is 0 Å². The second kappa shape index (κ2) is 7.61. The summed E-state index contributed by atoms with van der Waals surface area (Å²) in [5.41, 5.74) is 8.11. The Labute approximate surface area is 146 Å². The lowest BCUT2D eigenvalue weighted by atomic mass is 9.85. The summed E-state index contributed by atoms with van der Waals surface area (Å²) in [5, 5.41) is 0. The van der Waals surface area contributed by atoms with Gasteiger partial charge in [0.1, 0.15) is 0 Å². The van der Waals surface area contributed by atoms with Crippen LogP contribution in [0, 0.1) is 20.8 Å². The Morgan fingerprint density at radius 1 is 0.958 bits per heavy atom. The van der Waals surface area contributed by atoms with Crippen molar-refractivity contribution >= 4 is 6.21 Å². The van der Waals surface area contributed by atoms with Gasteiger partial charge in [0.2, 0.25) is 0 Å². The van der Waals surface area contributed by atoms with Gasteiger partial charge in [-0.3, -0.25) is 4.99 Å². The first kappa shape index (κ1) is 16.7. The van der Waals surface area contributed by atoms with Gasteiger partial charge in [-0.25, -0.2) is 0 Å². The van der Waals surface area contributed by atoms with Gasteiger partial charge in [0.25, 0.3) is 0 Å². The van der Waals surface area contributed by atoms with E-state index in [2.05, 4.69) is 75.5 Å². The SMILES string of the molecule is Cc1ccc(CC(C2=CCCCC=N2)c2cccc(C)c2C)cc1. The van der Waals surface area contributed by atoms with Crippen molar-refractivity contribution in [3.8, 4) is 0 Å². The zero-order chi connectivity index (χ0) is 16.9. The van der Waals surface area contributed by atoms with E-state index >= 15 is 0 Å². The van der Waals surface area contributed by atoms with Crippen molar-refractivity contribution in [2.24, 2.45) is 4.99 Å². The van der Waals surface area contributed by atoms with Crippen LogP contribution in [0.25, 0.3) is 0 Å². The van der Waals surface area contributed by atoms with Crippen molar-refractivity contribution in [2.75, 3.05) is 0 Å². The number of rotatable bonds is 4.